The zero-order chi connectivity index (χ0) is 19.6. The van der Waals surface area contributed by atoms with Gasteiger partial charge in [0.1, 0.15) is 0 Å². The van der Waals surface area contributed by atoms with Gasteiger partial charge < -0.3 is 4.57 Å². The molecule has 0 aliphatic carbocycles. The fourth-order valence-electron chi connectivity index (χ4n) is 3.30. The molecule has 1 heterocycles. The van der Waals surface area contributed by atoms with E-state index in [0.717, 1.165) is 34.4 Å². The summed E-state index contributed by atoms with van der Waals surface area (Å²) in [5.74, 6) is 0. The van der Waals surface area contributed by atoms with Gasteiger partial charge in [0.05, 0.1) is 17.9 Å². The van der Waals surface area contributed by atoms with E-state index in [1.54, 1.807) is 12.5 Å². The minimum absolute atomic E-state index is 0.0228. The summed E-state index contributed by atoms with van der Waals surface area (Å²) in [7, 11) is 0. The van der Waals surface area contributed by atoms with E-state index >= 15 is 0 Å². The van der Waals surface area contributed by atoms with E-state index in [0.29, 0.717) is 0 Å². The van der Waals surface area contributed by atoms with E-state index in [9.17, 15) is 13.2 Å². The van der Waals surface area contributed by atoms with Crippen LogP contribution in [0, 0.1) is 0 Å². The van der Waals surface area contributed by atoms with Crippen molar-refractivity contribution in [1.82, 2.24) is 9.55 Å². The molecule has 1 atom stereocenters. The molecule has 0 amide bonds. The molecule has 0 bridgehead atoms. The van der Waals surface area contributed by atoms with Gasteiger partial charge in [-0.1, -0.05) is 66.7 Å². The van der Waals surface area contributed by atoms with Crippen molar-refractivity contribution < 1.29 is 13.2 Å². The summed E-state index contributed by atoms with van der Waals surface area (Å²) in [6.07, 6.45) is 1.12. The fraction of sp³-hybridized carbons (Fsp3) is 0.0870. The monoisotopic (exact) mass is 378 g/mol. The molecule has 0 saturated heterocycles. The maximum atomic E-state index is 12.8. The SMILES string of the molecule is FC(F)(F)c1ccc(-c2ccc(C(c3ccccc3)n3ccnc3)cc2)cc1. The Morgan fingerprint density at radius 2 is 1.29 bits per heavy atom. The Bertz CT molecular complexity index is 1020. The molecule has 2 nitrogen and oxygen atoms in total. The second-order valence-electron chi connectivity index (χ2n) is 6.52. The maximum absolute atomic E-state index is 12.8. The van der Waals surface area contributed by atoms with Crippen molar-refractivity contribution in [2.24, 2.45) is 0 Å². The van der Waals surface area contributed by atoms with Crippen molar-refractivity contribution in [3.8, 4) is 11.1 Å². The van der Waals surface area contributed by atoms with Gasteiger partial charge >= 0.3 is 6.18 Å². The summed E-state index contributed by atoms with van der Waals surface area (Å²) < 4.78 is 40.3. The topological polar surface area (TPSA) is 17.8 Å². The molecule has 5 heteroatoms. The van der Waals surface area contributed by atoms with E-state index < -0.39 is 11.7 Å². The Labute approximate surface area is 160 Å². The van der Waals surface area contributed by atoms with Crippen LogP contribution in [0.5, 0.6) is 0 Å². The Morgan fingerprint density at radius 3 is 1.82 bits per heavy atom. The number of hydrogen-bond acceptors (Lipinski definition) is 1. The zero-order valence-corrected chi connectivity index (χ0v) is 14.8. The number of nitrogens with zero attached hydrogens (tertiary/aromatic N) is 2. The minimum Gasteiger partial charge on any atom is -0.326 e. The van der Waals surface area contributed by atoms with Crippen LogP contribution >= 0.6 is 0 Å². The van der Waals surface area contributed by atoms with Crippen LogP contribution in [0.25, 0.3) is 11.1 Å². The lowest BCUT2D eigenvalue weighted by Crippen LogP contribution is -2.10. The molecule has 0 spiro atoms. The molecule has 0 aliphatic rings. The standard InChI is InChI=1S/C23H17F3N2/c24-23(25,26)21-12-10-18(11-13-21)17-6-8-20(9-7-17)22(28-15-14-27-16-28)19-4-2-1-3-5-19/h1-16,22H. The Morgan fingerprint density at radius 1 is 0.714 bits per heavy atom. The van der Waals surface area contributed by atoms with E-state index in [4.69, 9.17) is 0 Å². The van der Waals surface area contributed by atoms with Gasteiger partial charge in [-0.05, 0) is 34.4 Å². The van der Waals surface area contributed by atoms with Crippen LogP contribution < -0.4 is 0 Å². The summed E-state index contributed by atoms with van der Waals surface area (Å²) in [5, 5.41) is 0. The fourth-order valence-corrected chi connectivity index (χ4v) is 3.30. The van der Waals surface area contributed by atoms with E-state index in [2.05, 4.69) is 17.1 Å². The minimum atomic E-state index is -4.32. The summed E-state index contributed by atoms with van der Waals surface area (Å²) >= 11 is 0. The number of rotatable bonds is 4. The van der Waals surface area contributed by atoms with Crippen molar-refractivity contribution in [1.29, 1.82) is 0 Å². The summed E-state index contributed by atoms with van der Waals surface area (Å²) in [5.41, 5.74) is 3.17. The number of hydrogen-bond donors (Lipinski definition) is 0. The Balaban J connectivity index is 1.66. The second-order valence-corrected chi connectivity index (χ2v) is 6.52. The molecule has 28 heavy (non-hydrogen) atoms. The van der Waals surface area contributed by atoms with Gasteiger partial charge in [-0.15, -0.1) is 0 Å². The number of aromatic nitrogens is 2. The number of benzene rings is 3. The van der Waals surface area contributed by atoms with Crippen LogP contribution in [0.15, 0.2) is 97.6 Å². The molecule has 1 aromatic heterocycles. The van der Waals surface area contributed by atoms with Crippen molar-refractivity contribution in [3.63, 3.8) is 0 Å². The van der Waals surface area contributed by atoms with Crippen molar-refractivity contribution in [3.05, 3.63) is 114 Å². The molecular weight excluding hydrogens is 361 g/mol. The lowest BCUT2D eigenvalue weighted by Gasteiger charge is -2.20. The van der Waals surface area contributed by atoms with Gasteiger partial charge in [-0.3, -0.25) is 0 Å². The Kier molecular flexibility index (Phi) is 4.74. The first kappa shape index (κ1) is 18.0. The van der Waals surface area contributed by atoms with Crippen LogP contribution in [-0.4, -0.2) is 9.55 Å². The number of alkyl halides is 3. The summed E-state index contributed by atoms with van der Waals surface area (Å²) in [6.45, 7) is 0. The molecule has 0 fully saturated rings. The summed E-state index contributed by atoms with van der Waals surface area (Å²) in [4.78, 5) is 4.16. The van der Waals surface area contributed by atoms with Crippen molar-refractivity contribution in [2.45, 2.75) is 12.2 Å². The zero-order valence-electron chi connectivity index (χ0n) is 14.8. The van der Waals surface area contributed by atoms with E-state index in [1.165, 1.54) is 12.1 Å². The Hall–Kier alpha value is -3.34. The molecule has 140 valence electrons. The van der Waals surface area contributed by atoms with Crippen molar-refractivity contribution >= 4 is 0 Å². The van der Waals surface area contributed by atoms with Gasteiger partial charge in [0.25, 0.3) is 0 Å². The van der Waals surface area contributed by atoms with Crippen LogP contribution in [0.4, 0.5) is 13.2 Å². The molecule has 0 radical (unpaired) electrons. The lowest BCUT2D eigenvalue weighted by molar-refractivity contribution is -0.137. The van der Waals surface area contributed by atoms with Gasteiger partial charge in [0.15, 0.2) is 0 Å². The first-order chi connectivity index (χ1) is 13.5. The van der Waals surface area contributed by atoms with Gasteiger partial charge in [-0.2, -0.15) is 13.2 Å². The van der Waals surface area contributed by atoms with Crippen LogP contribution in [-0.2, 0) is 6.18 Å². The quantitative estimate of drug-likeness (QED) is 0.413. The molecule has 1 unspecified atom stereocenters. The smallest absolute Gasteiger partial charge is 0.326 e. The molecule has 3 aromatic carbocycles. The van der Waals surface area contributed by atoms with Crippen LogP contribution in [0.1, 0.15) is 22.7 Å². The highest BCUT2D eigenvalue weighted by atomic mass is 19.4. The second kappa shape index (κ2) is 7.35. The number of halogens is 3. The van der Waals surface area contributed by atoms with Crippen LogP contribution in [0.2, 0.25) is 0 Å². The van der Waals surface area contributed by atoms with E-state index in [1.807, 2.05) is 53.2 Å². The normalized spacial score (nSPS) is 12.7. The van der Waals surface area contributed by atoms with Crippen LogP contribution in [0.3, 0.4) is 0 Å². The third-order valence-corrected chi connectivity index (χ3v) is 4.71. The highest BCUT2D eigenvalue weighted by Gasteiger charge is 2.30. The number of imidazole rings is 1. The highest BCUT2D eigenvalue weighted by molar-refractivity contribution is 5.64. The molecule has 0 N–H and O–H groups in total. The van der Waals surface area contributed by atoms with Gasteiger partial charge in [0, 0.05) is 12.4 Å². The average molecular weight is 378 g/mol. The van der Waals surface area contributed by atoms with Gasteiger partial charge in [0.2, 0.25) is 0 Å². The summed E-state index contributed by atoms with van der Waals surface area (Å²) in [6, 6.07) is 23.2. The molecule has 0 aliphatic heterocycles. The highest BCUT2D eigenvalue weighted by Crippen LogP contribution is 2.32. The average Bonchev–Trinajstić information content (AvgIpc) is 3.23. The predicted octanol–water partition coefficient (Wildman–Crippen LogP) is 6.21. The van der Waals surface area contributed by atoms with Gasteiger partial charge in [-0.25, -0.2) is 4.98 Å². The lowest BCUT2D eigenvalue weighted by atomic mass is 9.95. The van der Waals surface area contributed by atoms with E-state index in [-0.39, 0.29) is 6.04 Å². The van der Waals surface area contributed by atoms with Crippen molar-refractivity contribution in [2.75, 3.05) is 0 Å². The third-order valence-electron chi connectivity index (χ3n) is 4.71. The molecule has 0 saturated carbocycles. The molecular formula is C23H17F3N2. The molecule has 4 aromatic rings. The molecule has 4 rings (SSSR count). The predicted molar refractivity (Wildman–Crippen MR) is 103 cm³/mol. The largest absolute Gasteiger partial charge is 0.416 e. The first-order valence-corrected chi connectivity index (χ1v) is 8.82. The maximum Gasteiger partial charge on any atom is 0.416 e. The third kappa shape index (κ3) is 3.69. The first-order valence-electron chi connectivity index (χ1n) is 8.82.